The lowest BCUT2D eigenvalue weighted by atomic mass is 10.2. The van der Waals surface area contributed by atoms with Crippen LogP contribution in [0.25, 0.3) is 0 Å². The first kappa shape index (κ1) is 9.77. The monoisotopic (exact) mass is 213 g/mol. The molecule has 3 nitrogen and oxygen atoms in total. The van der Waals surface area contributed by atoms with Crippen LogP contribution in [0, 0.1) is 0 Å². The number of hydrogen-bond acceptors (Lipinski definition) is 3. The Morgan fingerprint density at radius 3 is 2.86 bits per heavy atom. The summed E-state index contributed by atoms with van der Waals surface area (Å²) in [6.07, 6.45) is 0.152. The van der Waals surface area contributed by atoms with Crippen LogP contribution in [0.3, 0.4) is 0 Å². The van der Waals surface area contributed by atoms with Crippen LogP contribution in [0.4, 0.5) is 0 Å². The number of hydrogen-bond donors (Lipinski definition) is 1. The van der Waals surface area contributed by atoms with E-state index in [4.69, 9.17) is 26.8 Å². The maximum atomic E-state index is 5.98. The molecule has 0 spiro atoms. The molecule has 1 aliphatic rings. The van der Waals surface area contributed by atoms with Crippen LogP contribution in [0.2, 0.25) is 5.02 Å². The summed E-state index contributed by atoms with van der Waals surface area (Å²) in [5, 5.41) is 0.658. The van der Waals surface area contributed by atoms with Crippen LogP contribution >= 0.6 is 11.6 Å². The third-order valence-electron chi connectivity index (χ3n) is 2.18. The Balaban J connectivity index is 2.17. The van der Waals surface area contributed by atoms with Crippen molar-refractivity contribution in [2.45, 2.75) is 12.6 Å². The standard InChI is InChI=1S/C10H12ClNO2/c11-9-2-1-3-10(8(9)4-12)14-7-5-13-6-7/h1-3,7H,4-6,12H2. The summed E-state index contributed by atoms with van der Waals surface area (Å²) in [5.41, 5.74) is 6.45. The second-order valence-electron chi connectivity index (χ2n) is 3.20. The van der Waals surface area contributed by atoms with Gasteiger partial charge < -0.3 is 15.2 Å². The van der Waals surface area contributed by atoms with Crippen LogP contribution in [-0.2, 0) is 11.3 Å². The van der Waals surface area contributed by atoms with Crippen LogP contribution in [0.15, 0.2) is 18.2 Å². The Hall–Kier alpha value is -0.770. The molecule has 0 aromatic heterocycles. The summed E-state index contributed by atoms with van der Waals surface area (Å²) in [6, 6.07) is 5.55. The lowest BCUT2D eigenvalue weighted by molar-refractivity contribution is -0.0799. The first-order valence-corrected chi connectivity index (χ1v) is 4.91. The van der Waals surface area contributed by atoms with Gasteiger partial charge in [0.25, 0.3) is 0 Å². The minimum Gasteiger partial charge on any atom is -0.485 e. The molecule has 1 aromatic carbocycles. The van der Waals surface area contributed by atoms with E-state index in [-0.39, 0.29) is 6.10 Å². The molecule has 0 atom stereocenters. The average molecular weight is 214 g/mol. The van der Waals surface area contributed by atoms with Crippen LogP contribution in [0.5, 0.6) is 5.75 Å². The first-order chi connectivity index (χ1) is 6.81. The molecule has 1 heterocycles. The van der Waals surface area contributed by atoms with Crippen molar-refractivity contribution < 1.29 is 9.47 Å². The van der Waals surface area contributed by atoms with Crippen molar-refractivity contribution in [3.05, 3.63) is 28.8 Å². The highest BCUT2D eigenvalue weighted by molar-refractivity contribution is 6.31. The van der Waals surface area contributed by atoms with Gasteiger partial charge in [0.2, 0.25) is 0 Å². The van der Waals surface area contributed by atoms with Gasteiger partial charge in [-0.2, -0.15) is 0 Å². The zero-order valence-electron chi connectivity index (χ0n) is 7.70. The predicted molar refractivity (Wildman–Crippen MR) is 54.6 cm³/mol. The summed E-state index contributed by atoms with van der Waals surface area (Å²) in [5.74, 6) is 0.772. The summed E-state index contributed by atoms with van der Waals surface area (Å²) < 4.78 is 10.7. The average Bonchev–Trinajstić information content (AvgIpc) is 2.11. The largest absolute Gasteiger partial charge is 0.485 e. The van der Waals surface area contributed by atoms with Gasteiger partial charge in [0.1, 0.15) is 11.9 Å². The fraction of sp³-hybridized carbons (Fsp3) is 0.400. The minimum absolute atomic E-state index is 0.152. The van der Waals surface area contributed by atoms with E-state index in [0.29, 0.717) is 24.8 Å². The molecular weight excluding hydrogens is 202 g/mol. The van der Waals surface area contributed by atoms with Gasteiger partial charge in [-0.15, -0.1) is 0 Å². The van der Waals surface area contributed by atoms with Crippen molar-refractivity contribution in [2.24, 2.45) is 5.73 Å². The maximum Gasteiger partial charge on any atom is 0.145 e. The number of ether oxygens (including phenoxy) is 2. The SMILES string of the molecule is NCc1c(Cl)cccc1OC1COC1. The van der Waals surface area contributed by atoms with E-state index >= 15 is 0 Å². The Morgan fingerprint density at radius 2 is 2.29 bits per heavy atom. The molecule has 2 N–H and O–H groups in total. The van der Waals surface area contributed by atoms with Crippen LogP contribution in [-0.4, -0.2) is 19.3 Å². The molecule has 0 unspecified atom stereocenters. The van der Waals surface area contributed by atoms with Gasteiger partial charge in [-0.25, -0.2) is 0 Å². The molecule has 0 aliphatic carbocycles. The molecule has 76 valence electrons. The van der Waals surface area contributed by atoms with Gasteiger partial charge >= 0.3 is 0 Å². The van der Waals surface area contributed by atoms with E-state index in [1.165, 1.54) is 0 Å². The lowest BCUT2D eigenvalue weighted by Gasteiger charge is -2.27. The van der Waals surface area contributed by atoms with E-state index in [9.17, 15) is 0 Å². The van der Waals surface area contributed by atoms with Crippen molar-refractivity contribution in [3.63, 3.8) is 0 Å². The van der Waals surface area contributed by atoms with E-state index < -0.39 is 0 Å². The number of benzene rings is 1. The molecule has 14 heavy (non-hydrogen) atoms. The minimum atomic E-state index is 0.152. The first-order valence-electron chi connectivity index (χ1n) is 4.53. The molecule has 1 aromatic rings. The fourth-order valence-electron chi connectivity index (χ4n) is 1.31. The van der Waals surface area contributed by atoms with Gasteiger partial charge in [-0.3, -0.25) is 0 Å². The maximum absolute atomic E-state index is 5.98. The summed E-state index contributed by atoms with van der Waals surface area (Å²) in [4.78, 5) is 0. The quantitative estimate of drug-likeness (QED) is 0.829. The topological polar surface area (TPSA) is 44.5 Å². The van der Waals surface area contributed by atoms with E-state index in [1.54, 1.807) is 0 Å². The third kappa shape index (κ3) is 1.85. The highest BCUT2D eigenvalue weighted by atomic mass is 35.5. The molecule has 2 rings (SSSR count). The molecular formula is C10H12ClNO2. The molecule has 1 aliphatic heterocycles. The Labute approximate surface area is 87.8 Å². The molecule has 1 saturated heterocycles. The summed E-state index contributed by atoms with van der Waals surface area (Å²) >= 11 is 5.98. The van der Waals surface area contributed by atoms with Crippen LogP contribution in [0.1, 0.15) is 5.56 Å². The lowest BCUT2D eigenvalue weighted by Crippen LogP contribution is -2.38. The van der Waals surface area contributed by atoms with Gasteiger partial charge in [0.15, 0.2) is 0 Å². The fourth-order valence-corrected chi connectivity index (χ4v) is 1.55. The third-order valence-corrected chi connectivity index (χ3v) is 2.54. The number of halogens is 1. The molecule has 4 heteroatoms. The van der Waals surface area contributed by atoms with Crippen molar-refractivity contribution in [1.29, 1.82) is 0 Å². The highest BCUT2D eigenvalue weighted by Gasteiger charge is 2.21. The summed E-state index contributed by atoms with van der Waals surface area (Å²) in [6.45, 7) is 1.69. The van der Waals surface area contributed by atoms with E-state index in [0.717, 1.165) is 11.3 Å². The van der Waals surface area contributed by atoms with Gasteiger partial charge in [0, 0.05) is 17.1 Å². The van der Waals surface area contributed by atoms with Crippen molar-refractivity contribution >= 4 is 11.6 Å². The van der Waals surface area contributed by atoms with Crippen molar-refractivity contribution in [1.82, 2.24) is 0 Å². The second kappa shape index (κ2) is 4.17. The molecule has 1 fully saturated rings. The zero-order valence-corrected chi connectivity index (χ0v) is 8.46. The molecule has 0 radical (unpaired) electrons. The Kier molecular flexibility index (Phi) is 2.91. The van der Waals surface area contributed by atoms with E-state index in [1.807, 2.05) is 18.2 Å². The zero-order chi connectivity index (χ0) is 9.97. The smallest absolute Gasteiger partial charge is 0.145 e. The van der Waals surface area contributed by atoms with Gasteiger partial charge in [0.05, 0.1) is 13.2 Å². The Bertz CT molecular complexity index is 326. The number of rotatable bonds is 3. The van der Waals surface area contributed by atoms with Crippen LogP contribution < -0.4 is 10.5 Å². The molecule has 0 bridgehead atoms. The Morgan fingerprint density at radius 1 is 1.50 bits per heavy atom. The summed E-state index contributed by atoms with van der Waals surface area (Å²) in [7, 11) is 0. The number of nitrogens with two attached hydrogens (primary N) is 1. The van der Waals surface area contributed by atoms with E-state index in [2.05, 4.69) is 0 Å². The second-order valence-corrected chi connectivity index (χ2v) is 3.61. The van der Waals surface area contributed by atoms with Crippen molar-refractivity contribution in [3.8, 4) is 5.75 Å². The molecule has 0 saturated carbocycles. The van der Waals surface area contributed by atoms with Gasteiger partial charge in [-0.1, -0.05) is 17.7 Å². The van der Waals surface area contributed by atoms with Gasteiger partial charge in [-0.05, 0) is 12.1 Å². The molecule has 0 amide bonds. The highest BCUT2D eigenvalue weighted by Crippen LogP contribution is 2.27. The normalized spacial score (nSPS) is 16.4. The predicted octanol–water partition coefficient (Wildman–Crippen LogP) is 1.58. The van der Waals surface area contributed by atoms with Crippen molar-refractivity contribution in [2.75, 3.05) is 13.2 Å².